The quantitative estimate of drug-likeness (QED) is 0.875. The van der Waals surface area contributed by atoms with Gasteiger partial charge in [0.2, 0.25) is 0 Å². The van der Waals surface area contributed by atoms with E-state index in [1.807, 2.05) is 11.3 Å². The van der Waals surface area contributed by atoms with Crippen LogP contribution in [-0.4, -0.2) is 48.6 Å². The van der Waals surface area contributed by atoms with Gasteiger partial charge in [0, 0.05) is 37.1 Å². The van der Waals surface area contributed by atoms with Crippen molar-refractivity contribution >= 4 is 16.5 Å². The summed E-state index contributed by atoms with van der Waals surface area (Å²) in [6.45, 7) is 17.7. The fraction of sp³-hybridized carbons (Fsp3) is 0.812. The van der Waals surface area contributed by atoms with E-state index in [4.69, 9.17) is 4.98 Å². The minimum absolute atomic E-state index is 0.621. The first-order valence-electron chi connectivity index (χ1n) is 8.17. The number of nitrogens with zero attached hydrogens (tertiary/aromatic N) is 3. The lowest BCUT2D eigenvalue weighted by Crippen LogP contribution is -2.51. The summed E-state index contributed by atoms with van der Waals surface area (Å²) in [4.78, 5) is 11.2. The molecule has 0 aliphatic carbocycles. The van der Waals surface area contributed by atoms with Crippen LogP contribution in [0.3, 0.4) is 0 Å². The predicted octanol–water partition coefficient (Wildman–Crippen LogP) is 2.73. The maximum absolute atomic E-state index is 4.80. The van der Waals surface area contributed by atoms with Crippen molar-refractivity contribution in [2.24, 2.45) is 5.92 Å². The van der Waals surface area contributed by atoms with E-state index in [2.05, 4.69) is 49.7 Å². The summed E-state index contributed by atoms with van der Waals surface area (Å²) in [6.07, 6.45) is 0. The molecule has 1 aliphatic heterocycles. The van der Waals surface area contributed by atoms with E-state index >= 15 is 0 Å². The van der Waals surface area contributed by atoms with Crippen LogP contribution in [0.25, 0.3) is 0 Å². The van der Waals surface area contributed by atoms with Crippen LogP contribution in [0.15, 0.2) is 0 Å². The van der Waals surface area contributed by atoms with Crippen LogP contribution < -0.4 is 10.2 Å². The summed E-state index contributed by atoms with van der Waals surface area (Å²) in [6, 6.07) is 0.621. The Morgan fingerprint density at radius 1 is 1.38 bits per heavy atom. The second kappa shape index (κ2) is 7.56. The van der Waals surface area contributed by atoms with Crippen LogP contribution >= 0.6 is 11.3 Å². The second-order valence-electron chi connectivity index (χ2n) is 6.45. The molecule has 0 amide bonds. The lowest BCUT2D eigenvalue weighted by atomic mass is 10.2. The van der Waals surface area contributed by atoms with Gasteiger partial charge < -0.3 is 10.2 Å². The fourth-order valence-corrected chi connectivity index (χ4v) is 3.89. The van der Waals surface area contributed by atoms with Crippen LogP contribution in [0.2, 0.25) is 0 Å². The monoisotopic (exact) mass is 310 g/mol. The smallest absolute Gasteiger partial charge is 0.185 e. The summed E-state index contributed by atoms with van der Waals surface area (Å²) < 4.78 is 0. The van der Waals surface area contributed by atoms with Gasteiger partial charge in [-0.25, -0.2) is 4.98 Å². The molecule has 1 saturated heterocycles. The van der Waals surface area contributed by atoms with E-state index < -0.39 is 0 Å². The molecular weight excluding hydrogens is 280 g/mol. The summed E-state index contributed by atoms with van der Waals surface area (Å²) in [5, 5.41) is 4.73. The van der Waals surface area contributed by atoms with Gasteiger partial charge in [0.1, 0.15) is 0 Å². The van der Waals surface area contributed by atoms with Crippen molar-refractivity contribution in [2.75, 3.05) is 37.6 Å². The molecule has 0 saturated carbocycles. The van der Waals surface area contributed by atoms with E-state index in [0.29, 0.717) is 12.0 Å². The lowest BCUT2D eigenvalue weighted by molar-refractivity contribution is 0.199. The molecule has 4 nitrogen and oxygen atoms in total. The zero-order valence-corrected chi connectivity index (χ0v) is 15.0. The third-order valence-electron chi connectivity index (χ3n) is 4.16. The molecule has 120 valence electrons. The van der Waals surface area contributed by atoms with Crippen LogP contribution in [0, 0.1) is 12.8 Å². The molecule has 1 aliphatic rings. The molecule has 0 bridgehead atoms. The Hall–Kier alpha value is -0.650. The molecule has 2 heterocycles. The highest BCUT2D eigenvalue weighted by molar-refractivity contribution is 7.15. The Balaban J connectivity index is 1.95. The average molecular weight is 311 g/mol. The van der Waals surface area contributed by atoms with Crippen LogP contribution in [0.4, 0.5) is 5.13 Å². The lowest BCUT2D eigenvalue weighted by Gasteiger charge is -2.39. The fourth-order valence-electron chi connectivity index (χ4n) is 2.83. The minimum atomic E-state index is 0.621. The third-order valence-corrected chi connectivity index (χ3v) is 5.38. The predicted molar refractivity (Wildman–Crippen MR) is 92.3 cm³/mol. The Bertz CT molecular complexity index is 443. The van der Waals surface area contributed by atoms with Crippen molar-refractivity contribution < 1.29 is 0 Å². The molecule has 0 aromatic carbocycles. The standard InChI is InChI=1S/C16H30N4S/c1-6-19-7-8-20(11-13(19)4)16-18-14(5)15(21-16)10-17-9-12(2)3/h12-13,17H,6-11H2,1-5H3. The van der Waals surface area contributed by atoms with E-state index in [0.717, 1.165) is 39.3 Å². The first-order chi connectivity index (χ1) is 10.0. The van der Waals surface area contributed by atoms with Gasteiger partial charge in [-0.05, 0) is 32.9 Å². The van der Waals surface area contributed by atoms with E-state index in [1.54, 1.807) is 0 Å². The molecule has 1 aromatic heterocycles. The van der Waals surface area contributed by atoms with Crippen molar-refractivity contribution in [2.45, 2.75) is 47.2 Å². The van der Waals surface area contributed by atoms with Crippen LogP contribution in [0.5, 0.6) is 0 Å². The summed E-state index contributed by atoms with van der Waals surface area (Å²) >= 11 is 1.86. The van der Waals surface area contributed by atoms with Gasteiger partial charge in [-0.15, -0.1) is 11.3 Å². The first-order valence-corrected chi connectivity index (χ1v) is 8.98. The van der Waals surface area contributed by atoms with Crippen LogP contribution in [0.1, 0.15) is 38.3 Å². The van der Waals surface area contributed by atoms with Crippen LogP contribution in [-0.2, 0) is 6.54 Å². The Morgan fingerprint density at radius 2 is 2.14 bits per heavy atom. The maximum atomic E-state index is 4.80. The van der Waals surface area contributed by atoms with Crippen molar-refractivity contribution in [3.63, 3.8) is 0 Å². The van der Waals surface area contributed by atoms with Gasteiger partial charge in [0.25, 0.3) is 0 Å². The highest BCUT2D eigenvalue weighted by Gasteiger charge is 2.24. The van der Waals surface area contributed by atoms with E-state index in [-0.39, 0.29) is 0 Å². The minimum Gasteiger partial charge on any atom is -0.345 e. The van der Waals surface area contributed by atoms with Crippen molar-refractivity contribution in [1.29, 1.82) is 0 Å². The van der Waals surface area contributed by atoms with Gasteiger partial charge in [-0.3, -0.25) is 4.90 Å². The second-order valence-corrected chi connectivity index (χ2v) is 7.52. The number of hydrogen-bond donors (Lipinski definition) is 1. The van der Waals surface area contributed by atoms with Gasteiger partial charge in [0.15, 0.2) is 5.13 Å². The van der Waals surface area contributed by atoms with Crippen molar-refractivity contribution in [1.82, 2.24) is 15.2 Å². The number of nitrogens with one attached hydrogen (secondary N) is 1. The largest absolute Gasteiger partial charge is 0.345 e. The maximum Gasteiger partial charge on any atom is 0.185 e. The molecule has 1 N–H and O–H groups in total. The van der Waals surface area contributed by atoms with Gasteiger partial charge in [-0.2, -0.15) is 0 Å². The number of rotatable bonds is 6. The molecule has 0 spiro atoms. The number of thiazole rings is 1. The topological polar surface area (TPSA) is 31.4 Å². The Kier molecular flexibility index (Phi) is 6.02. The first kappa shape index (κ1) is 16.7. The molecule has 1 unspecified atom stereocenters. The Labute approximate surface area is 133 Å². The van der Waals surface area contributed by atoms with Gasteiger partial charge in [-0.1, -0.05) is 20.8 Å². The molecule has 21 heavy (non-hydrogen) atoms. The number of piperazine rings is 1. The molecule has 2 rings (SSSR count). The molecular formula is C16H30N4S. The molecule has 5 heteroatoms. The Morgan fingerprint density at radius 3 is 2.76 bits per heavy atom. The third kappa shape index (κ3) is 4.41. The number of anilines is 1. The van der Waals surface area contributed by atoms with Gasteiger partial charge in [0.05, 0.1) is 5.69 Å². The molecule has 0 radical (unpaired) electrons. The van der Waals surface area contributed by atoms with E-state index in [1.165, 1.54) is 15.7 Å². The molecule has 1 fully saturated rings. The zero-order valence-electron chi connectivity index (χ0n) is 14.1. The number of aromatic nitrogens is 1. The van der Waals surface area contributed by atoms with Crippen molar-refractivity contribution in [3.8, 4) is 0 Å². The highest BCUT2D eigenvalue weighted by atomic mass is 32.1. The van der Waals surface area contributed by atoms with Crippen molar-refractivity contribution in [3.05, 3.63) is 10.6 Å². The number of hydrogen-bond acceptors (Lipinski definition) is 5. The number of likely N-dealkylation sites (N-methyl/N-ethyl adjacent to an activating group) is 1. The summed E-state index contributed by atoms with van der Waals surface area (Å²) in [5.41, 5.74) is 1.19. The summed E-state index contributed by atoms with van der Waals surface area (Å²) in [7, 11) is 0. The summed E-state index contributed by atoms with van der Waals surface area (Å²) in [5.74, 6) is 0.695. The number of aryl methyl sites for hydroxylation is 1. The molecule has 1 aromatic rings. The van der Waals surface area contributed by atoms with Gasteiger partial charge >= 0.3 is 0 Å². The SMILES string of the molecule is CCN1CCN(c2nc(C)c(CNCC(C)C)s2)CC1C. The highest BCUT2D eigenvalue weighted by Crippen LogP contribution is 2.27. The zero-order chi connectivity index (χ0) is 15.4. The van der Waals surface area contributed by atoms with E-state index in [9.17, 15) is 0 Å². The normalized spacial score (nSPS) is 20.5. The molecule has 1 atom stereocenters. The average Bonchev–Trinajstić information content (AvgIpc) is 2.80.